The van der Waals surface area contributed by atoms with Crippen molar-refractivity contribution in [1.82, 2.24) is 0 Å². The third kappa shape index (κ3) is 4.27. The molecule has 0 aromatic heterocycles. The molecule has 0 radical (unpaired) electrons. The molecule has 0 saturated carbocycles. The van der Waals surface area contributed by atoms with E-state index in [0.717, 1.165) is 12.1 Å². The fourth-order valence-electron chi connectivity index (χ4n) is 2.86. The normalized spacial score (nSPS) is 11.1. The van der Waals surface area contributed by atoms with E-state index in [2.05, 4.69) is 4.72 Å². The van der Waals surface area contributed by atoms with Crippen LogP contribution in [-0.2, 0) is 10.0 Å². The smallest absolute Gasteiger partial charge is 0.339 e. The Bertz CT molecular complexity index is 1220. The van der Waals surface area contributed by atoms with E-state index in [4.69, 9.17) is 5.11 Å². The summed E-state index contributed by atoms with van der Waals surface area (Å²) in [6, 6.07) is 16.4. The highest BCUT2D eigenvalue weighted by molar-refractivity contribution is 7.92. The van der Waals surface area contributed by atoms with Crippen LogP contribution in [-0.4, -0.2) is 30.4 Å². The van der Waals surface area contributed by atoms with Crippen molar-refractivity contribution in [2.45, 2.75) is 11.8 Å². The Balaban J connectivity index is 1.97. The summed E-state index contributed by atoms with van der Waals surface area (Å²) in [5.41, 5.74) is 1.32. The zero-order valence-electron chi connectivity index (χ0n) is 15.3. The minimum absolute atomic E-state index is 0.0158. The number of sulfonamides is 1. The Labute approximate surface area is 167 Å². The molecule has 7 nitrogen and oxygen atoms in total. The lowest BCUT2D eigenvalue weighted by Crippen LogP contribution is -2.13. The van der Waals surface area contributed by atoms with Gasteiger partial charge in [0.1, 0.15) is 11.3 Å². The van der Waals surface area contributed by atoms with Gasteiger partial charge in [0.05, 0.1) is 10.6 Å². The van der Waals surface area contributed by atoms with Crippen LogP contribution in [0.4, 0.5) is 5.69 Å². The highest BCUT2D eigenvalue weighted by atomic mass is 32.2. The van der Waals surface area contributed by atoms with E-state index in [0.29, 0.717) is 16.7 Å². The maximum Gasteiger partial charge on any atom is 0.339 e. The molecule has 0 amide bonds. The van der Waals surface area contributed by atoms with Crippen LogP contribution in [0.5, 0.6) is 5.75 Å². The van der Waals surface area contributed by atoms with Gasteiger partial charge in [-0.1, -0.05) is 36.4 Å². The Morgan fingerprint density at radius 2 is 1.62 bits per heavy atom. The Kier molecular flexibility index (Phi) is 5.38. The largest absolute Gasteiger partial charge is 0.507 e. The highest BCUT2D eigenvalue weighted by Crippen LogP contribution is 2.28. The number of anilines is 1. The predicted molar refractivity (Wildman–Crippen MR) is 108 cm³/mol. The molecular weight excluding hydrogens is 394 g/mol. The summed E-state index contributed by atoms with van der Waals surface area (Å²) in [4.78, 5) is 22.8. The molecule has 0 aliphatic rings. The van der Waals surface area contributed by atoms with E-state index >= 15 is 0 Å². The quantitative estimate of drug-likeness (QED) is 0.531. The summed E-state index contributed by atoms with van der Waals surface area (Å²) in [5.74, 6) is -2.02. The number of hydrogen-bond acceptors (Lipinski definition) is 5. The van der Waals surface area contributed by atoms with Crippen LogP contribution in [0.15, 0.2) is 71.6 Å². The van der Waals surface area contributed by atoms with Crippen LogP contribution < -0.4 is 4.72 Å². The number of benzene rings is 3. The first-order valence-electron chi connectivity index (χ1n) is 8.48. The molecule has 3 N–H and O–H groups in total. The number of rotatable bonds is 6. The number of aromatic carboxylic acids is 1. The molecule has 0 aliphatic carbocycles. The number of carboxylic acids is 1. The van der Waals surface area contributed by atoms with Gasteiger partial charge in [-0.2, -0.15) is 0 Å². The van der Waals surface area contributed by atoms with Crippen LogP contribution in [0.1, 0.15) is 27.6 Å². The van der Waals surface area contributed by atoms with Crippen molar-refractivity contribution < 1.29 is 28.2 Å². The molecule has 148 valence electrons. The average molecular weight is 411 g/mol. The summed E-state index contributed by atoms with van der Waals surface area (Å²) in [7, 11) is -4.02. The third-order valence-corrected chi connectivity index (χ3v) is 5.62. The molecule has 0 saturated heterocycles. The summed E-state index contributed by atoms with van der Waals surface area (Å²) < 4.78 is 27.8. The lowest BCUT2D eigenvalue weighted by atomic mass is 9.98. The monoisotopic (exact) mass is 411 g/mol. The van der Waals surface area contributed by atoms with Crippen molar-refractivity contribution in [1.29, 1.82) is 0 Å². The van der Waals surface area contributed by atoms with Gasteiger partial charge >= 0.3 is 5.97 Å². The molecule has 0 fully saturated rings. The number of carbonyl (C=O) groups is 2. The summed E-state index contributed by atoms with van der Waals surface area (Å²) >= 11 is 0. The number of carboxylic acid groups (broad SMARTS) is 1. The number of ketones is 1. The van der Waals surface area contributed by atoms with E-state index in [9.17, 15) is 23.1 Å². The Morgan fingerprint density at radius 1 is 0.897 bits per heavy atom. The standard InChI is InChI=1S/C21H17NO6S/c1-13(23)17-7-2-3-8-18(17)14-5-4-6-16(11-14)29(27,28)22-15-9-10-19(21(25)26)20(24)12-15/h2-12,22,24H,1H3,(H,25,26). The van der Waals surface area contributed by atoms with Crippen LogP contribution in [0.25, 0.3) is 11.1 Å². The first-order valence-corrected chi connectivity index (χ1v) is 9.97. The molecule has 0 unspecified atom stereocenters. The molecule has 3 aromatic rings. The lowest BCUT2D eigenvalue weighted by Gasteiger charge is -2.12. The second-order valence-corrected chi connectivity index (χ2v) is 7.95. The minimum Gasteiger partial charge on any atom is -0.507 e. The molecule has 3 rings (SSSR count). The van der Waals surface area contributed by atoms with Crippen molar-refractivity contribution >= 4 is 27.5 Å². The summed E-state index contributed by atoms with van der Waals surface area (Å²) in [6.07, 6.45) is 0. The summed E-state index contributed by atoms with van der Waals surface area (Å²) in [5, 5.41) is 18.7. The van der Waals surface area contributed by atoms with E-state index in [1.165, 1.54) is 25.1 Å². The van der Waals surface area contributed by atoms with E-state index in [1.54, 1.807) is 36.4 Å². The first-order chi connectivity index (χ1) is 13.7. The van der Waals surface area contributed by atoms with Gasteiger partial charge < -0.3 is 10.2 Å². The molecule has 0 spiro atoms. The van der Waals surface area contributed by atoms with Gasteiger partial charge in [-0.05, 0) is 42.3 Å². The lowest BCUT2D eigenvalue weighted by molar-refractivity contribution is 0.0693. The topological polar surface area (TPSA) is 121 Å². The zero-order valence-corrected chi connectivity index (χ0v) is 16.1. The zero-order chi connectivity index (χ0) is 21.2. The predicted octanol–water partition coefficient (Wildman–Crippen LogP) is 3.76. The first kappa shape index (κ1) is 20.1. The van der Waals surface area contributed by atoms with Gasteiger partial charge in [-0.3, -0.25) is 9.52 Å². The van der Waals surface area contributed by atoms with Crippen LogP contribution >= 0.6 is 0 Å². The van der Waals surface area contributed by atoms with Crippen molar-refractivity contribution in [3.63, 3.8) is 0 Å². The van der Waals surface area contributed by atoms with Crippen LogP contribution in [0, 0.1) is 0 Å². The molecule has 0 atom stereocenters. The maximum atomic E-state index is 12.8. The van der Waals surface area contributed by atoms with E-state index in [-0.39, 0.29) is 21.9 Å². The molecule has 8 heteroatoms. The van der Waals surface area contributed by atoms with Gasteiger partial charge in [0.15, 0.2) is 5.78 Å². The molecule has 0 heterocycles. The van der Waals surface area contributed by atoms with Crippen LogP contribution in [0.2, 0.25) is 0 Å². The number of Topliss-reactive ketones (excluding diaryl/α,β-unsaturated/α-hetero) is 1. The minimum atomic E-state index is -4.02. The van der Waals surface area contributed by atoms with Crippen molar-refractivity contribution in [3.05, 3.63) is 77.9 Å². The van der Waals surface area contributed by atoms with Crippen molar-refractivity contribution in [2.75, 3.05) is 4.72 Å². The highest BCUT2D eigenvalue weighted by Gasteiger charge is 2.18. The SMILES string of the molecule is CC(=O)c1ccccc1-c1cccc(S(=O)(=O)Nc2ccc(C(=O)O)c(O)c2)c1. The Morgan fingerprint density at radius 3 is 2.28 bits per heavy atom. The van der Waals surface area contributed by atoms with Gasteiger partial charge in [0.25, 0.3) is 10.0 Å². The fourth-order valence-corrected chi connectivity index (χ4v) is 3.96. The van der Waals surface area contributed by atoms with Gasteiger partial charge in [0.2, 0.25) is 0 Å². The fraction of sp³-hybridized carbons (Fsp3) is 0.0476. The van der Waals surface area contributed by atoms with Crippen molar-refractivity contribution in [2.24, 2.45) is 0 Å². The molecule has 29 heavy (non-hydrogen) atoms. The number of hydrogen-bond donors (Lipinski definition) is 3. The Hall–Kier alpha value is -3.65. The average Bonchev–Trinajstić information content (AvgIpc) is 2.67. The van der Waals surface area contributed by atoms with Gasteiger partial charge in [-0.25, -0.2) is 13.2 Å². The summed E-state index contributed by atoms with van der Waals surface area (Å²) in [6.45, 7) is 1.44. The third-order valence-electron chi connectivity index (χ3n) is 4.24. The van der Waals surface area contributed by atoms with Crippen molar-refractivity contribution in [3.8, 4) is 16.9 Å². The van der Waals surface area contributed by atoms with E-state index in [1.807, 2.05) is 0 Å². The number of phenols is 1. The molecule has 0 bridgehead atoms. The molecule has 3 aromatic carbocycles. The van der Waals surface area contributed by atoms with Gasteiger partial charge in [-0.15, -0.1) is 0 Å². The maximum absolute atomic E-state index is 12.8. The number of nitrogens with one attached hydrogen (secondary N) is 1. The second kappa shape index (κ2) is 7.76. The van der Waals surface area contributed by atoms with Crippen LogP contribution in [0.3, 0.4) is 0 Å². The molecule has 0 aliphatic heterocycles. The number of aromatic hydroxyl groups is 1. The molecular formula is C21H17NO6S. The second-order valence-electron chi connectivity index (χ2n) is 6.27. The van der Waals surface area contributed by atoms with Gasteiger partial charge in [0, 0.05) is 11.6 Å². The van der Waals surface area contributed by atoms with E-state index < -0.39 is 21.7 Å². The number of carbonyl (C=O) groups excluding carboxylic acids is 1.